The lowest BCUT2D eigenvalue weighted by Gasteiger charge is -2.18. The number of carbonyl (C=O) groups is 2. The molecule has 1 fully saturated rings. The van der Waals surface area contributed by atoms with Gasteiger partial charge in [-0.1, -0.05) is 36.4 Å². The largest absolute Gasteiger partial charge is 0.339 e. The van der Waals surface area contributed by atoms with Crippen molar-refractivity contribution in [2.75, 3.05) is 18.4 Å². The molecule has 30 heavy (non-hydrogen) atoms. The fraction of sp³-hybridized carbons (Fsp3) is 0.200. The molecule has 0 spiro atoms. The zero-order chi connectivity index (χ0) is 20.9. The Kier molecular flexibility index (Phi) is 6.10. The molecule has 4 nitrogen and oxygen atoms in total. The number of hydrogen-bond donors (Lipinski definition) is 1. The van der Waals surface area contributed by atoms with E-state index in [4.69, 9.17) is 0 Å². The van der Waals surface area contributed by atoms with E-state index in [-0.39, 0.29) is 11.8 Å². The van der Waals surface area contributed by atoms with E-state index in [1.807, 2.05) is 60.4 Å². The van der Waals surface area contributed by atoms with Gasteiger partial charge in [0.2, 0.25) is 5.91 Å². The van der Waals surface area contributed by atoms with Gasteiger partial charge < -0.3 is 10.2 Å². The Morgan fingerprint density at radius 1 is 0.967 bits per heavy atom. The van der Waals surface area contributed by atoms with E-state index in [0.29, 0.717) is 11.3 Å². The highest BCUT2D eigenvalue weighted by atomic mass is 32.1. The molecule has 1 N–H and O–H groups in total. The number of rotatable bonds is 5. The Morgan fingerprint density at radius 2 is 1.73 bits per heavy atom. The quantitative estimate of drug-likeness (QED) is 0.550. The average Bonchev–Trinajstić information content (AvgIpc) is 3.46. The Labute approximate surface area is 180 Å². The summed E-state index contributed by atoms with van der Waals surface area (Å²) in [7, 11) is 0. The van der Waals surface area contributed by atoms with E-state index >= 15 is 0 Å². The Bertz CT molecular complexity index is 1080. The Hall–Kier alpha value is -3.18. The number of amides is 2. The number of carbonyl (C=O) groups excluding carboxylic acids is 2. The molecule has 0 radical (unpaired) electrons. The summed E-state index contributed by atoms with van der Waals surface area (Å²) in [4.78, 5) is 29.3. The second-order valence-electron chi connectivity index (χ2n) is 7.37. The first-order valence-electron chi connectivity index (χ1n) is 10.1. The lowest BCUT2D eigenvalue weighted by molar-refractivity contribution is -0.111. The second-order valence-corrected chi connectivity index (χ2v) is 8.48. The lowest BCUT2D eigenvalue weighted by Crippen LogP contribution is -2.28. The van der Waals surface area contributed by atoms with E-state index in [2.05, 4.69) is 23.5 Å². The Morgan fingerprint density at radius 3 is 2.50 bits per heavy atom. The molecule has 0 atom stereocenters. The molecule has 1 aliphatic rings. The molecule has 2 heterocycles. The SMILES string of the molecule is Cc1c(NC(=O)/C=C/c2ccc(-c3ccccc3)s2)cccc1C(=O)N1CCCC1. The van der Waals surface area contributed by atoms with Crippen molar-refractivity contribution in [2.45, 2.75) is 19.8 Å². The van der Waals surface area contributed by atoms with Crippen LogP contribution in [0.4, 0.5) is 5.69 Å². The third kappa shape index (κ3) is 4.52. The van der Waals surface area contributed by atoms with Crippen LogP contribution in [0.1, 0.15) is 33.6 Å². The zero-order valence-electron chi connectivity index (χ0n) is 16.9. The van der Waals surface area contributed by atoms with Crippen molar-refractivity contribution in [3.8, 4) is 10.4 Å². The van der Waals surface area contributed by atoms with Crippen molar-refractivity contribution >= 4 is 34.9 Å². The molecule has 5 heteroatoms. The third-order valence-electron chi connectivity index (χ3n) is 5.30. The highest BCUT2D eigenvalue weighted by Gasteiger charge is 2.21. The lowest BCUT2D eigenvalue weighted by atomic mass is 10.1. The van der Waals surface area contributed by atoms with Gasteiger partial charge in [-0.3, -0.25) is 9.59 Å². The van der Waals surface area contributed by atoms with Crippen molar-refractivity contribution in [2.24, 2.45) is 0 Å². The van der Waals surface area contributed by atoms with Crippen LogP contribution in [0.15, 0.2) is 66.7 Å². The predicted octanol–water partition coefficient (Wildman–Crippen LogP) is 5.61. The number of likely N-dealkylation sites (tertiary alicyclic amines) is 1. The summed E-state index contributed by atoms with van der Waals surface area (Å²) < 4.78 is 0. The summed E-state index contributed by atoms with van der Waals surface area (Å²) in [5.74, 6) is -0.165. The van der Waals surface area contributed by atoms with Gasteiger partial charge in [-0.25, -0.2) is 0 Å². The topological polar surface area (TPSA) is 49.4 Å². The van der Waals surface area contributed by atoms with Crippen LogP contribution in [0.2, 0.25) is 0 Å². The molecule has 0 unspecified atom stereocenters. The summed E-state index contributed by atoms with van der Waals surface area (Å²) >= 11 is 1.64. The van der Waals surface area contributed by atoms with Crippen molar-refractivity contribution in [1.82, 2.24) is 4.90 Å². The number of thiophene rings is 1. The molecule has 4 rings (SSSR count). The molecule has 0 saturated carbocycles. The minimum Gasteiger partial charge on any atom is -0.339 e. The summed E-state index contributed by atoms with van der Waals surface area (Å²) in [6.07, 6.45) is 5.47. The standard InChI is InChI=1S/C25H24N2O2S/c1-18-21(25(29)27-16-5-6-17-27)10-7-11-22(18)26-24(28)15-13-20-12-14-23(30-20)19-8-3-2-4-9-19/h2-4,7-15H,5-6,16-17H2,1H3,(H,26,28)/b15-13+. The monoisotopic (exact) mass is 416 g/mol. The molecular formula is C25H24N2O2S. The third-order valence-corrected chi connectivity index (χ3v) is 6.40. The summed E-state index contributed by atoms with van der Waals surface area (Å²) in [5, 5.41) is 2.91. The van der Waals surface area contributed by atoms with Gasteiger partial charge in [0.05, 0.1) is 0 Å². The van der Waals surface area contributed by atoms with Crippen LogP contribution >= 0.6 is 11.3 Å². The van der Waals surface area contributed by atoms with Crippen molar-refractivity contribution in [3.63, 3.8) is 0 Å². The van der Waals surface area contributed by atoms with Gasteiger partial charge >= 0.3 is 0 Å². The molecule has 2 amide bonds. The fourth-order valence-electron chi connectivity index (χ4n) is 3.63. The van der Waals surface area contributed by atoms with E-state index in [9.17, 15) is 9.59 Å². The minimum atomic E-state index is -0.210. The van der Waals surface area contributed by atoms with Gasteiger partial charge in [-0.05, 0) is 61.2 Å². The number of nitrogens with zero attached hydrogens (tertiary/aromatic N) is 1. The smallest absolute Gasteiger partial charge is 0.254 e. The first-order chi connectivity index (χ1) is 14.6. The van der Waals surface area contributed by atoms with Gasteiger partial charge in [0, 0.05) is 40.2 Å². The minimum absolute atomic E-state index is 0.0451. The van der Waals surface area contributed by atoms with E-state index in [1.54, 1.807) is 11.3 Å². The zero-order valence-corrected chi connectivity index (χ0v) is 17.7. The normalized spacial score (nSPS) is 13.7. The number of benzene rings is 2. The fourth-order valence-corrected chi connectivity index (χ4v) is 4.54. The van der Waals surface area contributed by atoms with Gasteiger partial charge in [0.15, 0.2) is 0 Å². The molecule has 152 valence electrons. The molecule has 1 aliphatic heterocycles. The highest BCUT2D eigenvalue weighted by Crippen LogP contribution is 2.28. The number of nitrogens with one attached hydrogen (secondary N) is 1. The maximum Gasteiger partial charge on any atom is 0.254 e. The molecule has 1 aromatic heterocycles. The first kappa shape index (κ1) is 20.1. The van der Waals surface area contributed by atoms with Crippen LogP contribution in [0.3, 0.4) is 0 Å². The highest BCUT2D eigenvalue weighted by molar-refractivity contribution is 7.16. The summed E-state index contributed by atoms with van der Waals surface area (Å²) in [6, 6.07) is 19.7. The van der Waals surface area contributed by atoms with Crippen LogP contribution in [-0.2, 0) is 4.79 Å². The van der Waals surface area contributed by atoms with Crippen molar-refractivity contribution in [3.05, 3.63) is 82.7 Å². The predicted molar refractivity (Wildman–Crippen MR) is 124 cm³/mol. The molecule has 0 bridgehead atoms. The molecule has 3 aromatic rings. The van der Waals surface area contributed by atoms with Gasteiger partial charge in [0.1, 0.15) is 0 Å². The summed E-state index contributed by atoms with van der Waals surface area (Å²) in [5.41, 5.74) is 3.30. The Balaban J connectivity index is 1.43. The molecular weight excluding hydrogens is 392 g/mol. The first-order valence-corrected chi connectivity index (χ1v) is 11.0. The maximum absolute atomic E-state index is 12.7. The van der Waals surface area contributed by atoms with Crippen LogP contribution in [0.5, 0.6) is 0 Å². The van der Waals surface area contributed by atoms with E-state index in [0.717, 1.165) is 36.4 Å². The molecule has 1 saturated heterocycles. The van der Waals surface area contributed by atoms with Crippen LogP contribution < -0.4 is 5.32 Å². The van der Waals surface area contributed by atoms with Crippen molar-refractivity contribution in [1.29, 1.82) is 0 Å². The van der Waals surface area contributed by atoms with Gasteiger partial charge in [-0.15, -0.1) is 11.3 Å². The van der Waals surface area contributed by atoms with Crippen molar-refractivity contribution < 1.29 is 9.59 Å². The van der Waals surface area contributed by atoms with E-state index in [1.165, 1.54) is 16.5 Å². The maximum atomic E-state index is 12.7. The van der Waals surface area contributed by atoms with E-state index < -0.39 is 0 Å². The second kappa shape index (κ2) is 9.09. The average molecular weight is 417 g/mol. The van der Waals surface area contributed by atoms with Crippen LogP contribution in [-0.4, -0.2) is 29.8 Å². The van der Waals surface area contributed by atoms with Crippen LogP contribution in [0.25, 0.3) is 16.5 Å². The summed E-state index contributed by atoms with van der Waals surface area (Å²) in [6.45, 7) is 3.50. The molecule has 2 aromatic carbocycles. The van der Waals surface area contributed by atoms with Gasteiger partial charge in [0.25, 0.3) is 5.91 Å². The molecule has 0 aliphatic carbocycles. The number of anilines is 1. The van der Waals surface area contributed by atoms with Gasteiger partial charge in [-0.2, -0.15) is 0 Å². The number of hydrogen-bond acceptors (Lipinski definition) is 3. The van der Waals surface area contributed by atoms with Crippen LogP contribution in [0, 0.1) is 6.92 Å².